The van der Waals surface area contributed by atoms with E-state index in [1.54, 1.807) is 13.0 Å². The minimum Gasteiger partial charge on any atom is -0.490 e. The smallest absolute Gasteiger partial charge is 0.343 e. The monoisotopic (exact) mass is 441 g/mol. The van der Waals surface area contributed by atoms with Gasteiger partial charge in [-0.1, -0.05) is 6.07 Å². The van der Waals surface area contributed by atoms with Crippen molar-refractivity contribution in [1.82, 2.24) is 0 Å². The molecule has 24 heavy (non-hydrogen) atoms. The Kier molecular flexibility index (Phi) is 5.85. The van der Waals surface area contributed by atoms with Gasteiger partial charge in [-0.25, -0.2) is 4.79 Å². The number of non-ortho nitro benzene ring substituents is 1. The number of ether oxygens (including phenoxy) is 2. The van der Waals surface area contributed by atoms with Crippen LogP contribution in [0.25, 0.3) is 0 Å². The quantitative estimate of drug-likeness (QED) is 0.170. The molecule has 2 aromatic rings. The molecule has 0 atom stereocenters. The fourth-order valence-corrected chi connectivity index (χ4v) is 2.65. The van der Waals surface area contributed by atoms with Gasteiger partial charge in [-0.3, -0.25) is 14.9 Å². The molecule has 0 fully saturated rings. The van der Waals surface area contributed by atoms with E-state index >= 15 is 0 Å². The third-order valence-corrected chi connectivity index (χ3v) is 3.76. The molecule has 0 N–H and O–H groups in total. The molecule has 0 aliphatic heterocycles. The van der Waals surface area contributed by atoms with Gasteiger partial charge in [0.1, 0.15) is 6.29 Å². The summed E-state index contributed by atoms with van der Waals surface area (Å²) in [7, 11) is 0. The molecule has 0 amide bonds. The van der Waals surface area contributed by atoms with Crippen molar-refractivity contribution in [3.05, 3.63) is 61.2 Å². The van der Waals surface area contributed by atoms with Crippen LogP contribution in [0.5, 0.6) is 11.5 Å². The van der Waals surface area contributed by atoms with Gasteiger partial charge in [0.15, 0.2) is 11.5 Å². The number of rotatable bonds is 6. The van der Waals surface area contributed by atoms with Crippen LogP contribution in [0.15, 0.2) is 36.4 Å². The molecule has 0 aromatic heterocycles. The van der Waals surface area contributed by atoms with E-state index in [1.807, 2.05) is 22.6 Å². The fourth-order valence-electron chi connectivity index (χ4n) is 1.92. The summed E-state index contributed by atoms with van der Waals surface area (Å²) in [4.78, 5) is 33.4. The second-order valence-electron chi connectivity index (χ2n) is 4.58. The van der Waals surface area contributed by atoms with E-state index in [2.05, 4.69) is 0 Å². The molecule has 2 aromatic carbocycles. The van der Waals surface area contributed by atoms with Gasteiger partial charge in [0, 0.05) is 17.7 Å². The van der Waals surface area contributed by atoms with Crippen LogP contribution in [0, 0.1) is 13.7 Å². The third kappa shape index (κ3) is 4.07. The lowest BCUT2D eigenvalue weighted by atomic mass is 10.2. The average Bonchev–Trinajstić information content (AvgIpc) is 2.57. The lowest BCUT2D eigenvalue weighted by molar-refractivity contribution is -0.384. The first kappa shape index (κ1) is 17.9. The molecule has 0 aliphatic carbocycles. The minimum absolute atomic E-state index is 0.0434. The Bertz CT molecular complexity index is 805. The van der Waals surface area contributed by atoms with Crippen LogP contribution in [0.3, 0.4) is 0 Å². The van der Waals surface area contributed by atoms with Gasteiger partial charge in [-0.05, 0) is 47.7 Å². The van der Waals surface area contributed by atoms with Gasteiger partial charge in [0.25, 0.3) is 5.69 Å². The van der Waals surface area contributed by atoms with E-state index in [9.17, 15) is 19.7 Å². The number of hydrogen-bond donors (Lipinski definition) is 0. The Morgan fingerprint density at radius 3 is 2.71 bits per heavy atom. The van der Waals surface area contributed by atoms with Crippen LogP contribution in [0.2, 0.25) is 0 Å². The van der Waals surface area contributed by atoms with E-state index in [-0.39, 0.29) is 22.7 Å². The number of carbonyl (C=O) groups is 2. The molecule has 0 unspecified atom stereocenters. The first-order chi connectivity index (χ1) is 11.5. The standard InChI is InChI=1S/C16H12INO6/c1-2-23-14-7-10(9-19)6-13(17)15(14)24-16(20)11-4-3-5-12(8-11)18(21)22/h3-9H,2H2,1H3. The lowest BCUT2D eigenvalue weighted by Gasteiger charge is -2.13. The highest BCUT2D eigenvalue weighted by atomic mass is 127. The zero-order valence-electron chi connectivity index (χ0n) is 12.5. The fraction of sp³-hybridized carbons (Fsp3) is 0.125. The van der Waals surface area contributed by atoms with Gasteiger partial charge in [0.2, 0.25) is 0 Å². The van der Waals surface area contributed by atoms with E-state index < -0.39 is 10.9 Å². The topological polar surface area (TPSA) is 95.7 Å². The zero-order chi connectivity index (χ0) is 17.7. The van der Waals surface area contributed by atoms with Crippen LogP contribution in [-0.2, 0) is 0 Å². The normalized spacial score (nSPS) is 10.1. The highest BCUT2D eigenvalue weighted by Crippen LogP contribution is 2.34. The van der Waals surface area contributed by atoms with Gasteiger partial charge >= 0.3 is 5.97 Å². The molecule has 0 saturated heterocycles. The molecular weight excluding hydrogens is 429 g/mol. The summed E-state index contributed by atoms with van der Waals surface area (Å²) in [5, 5.41) is 10.8. The maximum Gasteiger partial charge on any atom is 0.343 e. The summed E-state index contributed by atoms with van der Waals surface area (Å²) < 4.78 is 11.3. The van der Waals surface area contributed by atoms with Crippen molar-refractivity contribution in [2.24, 2.45) is 0 Å². The zero-order valence-corrected chi connectivity index (χ0v) is 14.7. The molecule has 0 spiro atoms. The number of benzene rings is 2. The third-order valence-electron chi connectivity index (χ3n) is 2.96. The molecule has 2 rings (SSSR count). The molecule has 0 radical (unpaired) electrons. The van der Waals surface area contributed by atoms with Crippen molar-refractivity contribution in [2.45, 2.75) is 6.92 Å². The molecule has 0 saturated carbocycles. The molecule has 0 aliphatic rings. The number of nitro benzene ring substituents is 1. The summed E-state index contributed by atoms with van der Waals surface area (Å²) in [6, 6.07) is 8.25. The molecule has 7 nitrogen and oxygen atoms in total. The summed E-state index contributed by atoms with van der Waals surface area (Å²) >= 11 is 1.92. The van der Waals surface area contributed by atoms with E-state index in [1.165, 1.54) is 24.3 Å². The second-order valence-corrected chi connectivity index (χ2v) is 5.74. The number of nitrogens with zero attached hydrogens (tertiary/aromatic N) is 1. The van der Waals surface area contributed by atoms with Crippen molar-refractivity contribution in [3.8, 4) is 11.5 Å². The Balaban J connectivity index is 2.36. The number of hydrogen-bond acceptors (Lipinski definition) is 6. The maximum absolute atomic E-state index is 12.3. The first-order valence-electron chi connectivity index (χ1n) is 6.84. The van der Waals surface area contributed by atoms with Gasteiger partial charge in [-0.15, -0.1) is 0 Å². The van der Waals surface area contributed by atoms with Crippen molar-refractivity contribution < 1.29 is 24.0 Å². The second kappa shape index (κ2) is 7.86. The number of carbonyl (C=O) groups excluding carboxylic acids is 2. The molecule has 0 heterocycles. The highest BCUT2D eigenvalue weighted by molar-refractivity contribution is 14.1. The summed E-state index contributed by atoms with van der Waals surface area (Å²) in [6.07, 6.45) is 0.664. The van der Waals surface area contributed by atoms with E-state index in [0.717, 1.165) is 6.07 Å². The van der Waals surface area contributed by atoms with Crippen molar-refractivity contribution in [3.63, 3.8) is 0 Å². The van der Waals surface area contributed by atoms with Crippen molar-refractivity contribution >= 4 is 40.5 Å². The summed E-state index contributed by atoms with van der Waals surface area (Å²) in [6.45, 7) is 2.08. The van der Waals surface area contributed by atoms with Crippen LogP contribution in [0.1, 0.15) is 27.6 Å². The van der Waals surface area contributed by atoms with Crippen LogP contribution in [0.4, 0.5) is 5.69 Å². The highest BCUT2D eigenvalue weighted by Gasteiger charge is 2.19. The molecule has 0 bridgehead atoms. The van der Waals surface area contributed by atoms with Crippen molar-refractivity contribution in [2.75, 3.05) is 6.61 Å². The molecular formula is C16H12INO6. The average molecular weight is 441 g/mol. The largest absolute Gasteiger partial charge is 0.490 e. The Morgan fingerprint density at radius 2 is 2.08 bits per heavy atom. The number of halogens is 1. The Labute approximate surface area is 150 Å². The van der Waals surface area contributed by atoms with Crippen LogP contribution < -0.4 is 9.47 Å². The van der Waals surface area contributed by atoms with Gasteiger partial charge in [-0.2, -0.15) is 0 Å². The van der Waals surface area contributed by atoms with Crippen molar-refractivity contribution in [1.29, 1.82) is 0 Å². The minimum atomic E-state index is -0.753. The predicted octanol–water partition coefficient (Wildman–Crippen LogP) is 3.63. The van der Waals surface area contributed by atoms with Gasteiger partial charge < -0.3 is 9.47 Å². The number of esters is 1. The first-order valence-corrected chi connectivity index (χ1v) is 7.92. The summed E-state index contributed by atoms with van der Waals surface area (Å²) in [5.41, 5.74) is 0.223. The SMILES string of the molecule is CCOc1cc(C=O)cc(I)c1OC(=O)c1cccc([N+](=O)[O-])c1. The van der Waals surface area contributed by atoms with E-state index in [4.69, 9.17) is 9.47 Å². The van der Waals surface area contributed by atoms with E-state index in [0.29, 0.717) is 22.0 Å². The molecule has 124 valence electrons. The van der Waals surface area contributed by atoms with Crippen LogP contribution in [-0.4, -0.2) is 23.8 Å². The summed E-state index contributed by atoms with van der Waals surface area (Å²) in [5.74, 6) is -0.332. The lowest BCUT2D eigenvalue weighted by Crippen LogP contribution is -2.11. The predicted molar refractivity (Wildman–Crippen MR) is 93.8 cm³/mol. The maximum atomic E-state index is 12.3. The van der Waals surface area contributed by atoms with Gasteiger partial charge in [0.05, 0.1) is 20.7 Å². The number of aldehydes is 1. The molecule has 8 heteroatoms. The number of nitro groups is 1. The Hall–Kier alpha value is -2.49. The van der Waals surface area contributed by atoms with Crippen LogP contribution >= 0.6 is 22.6 Å². The Morgan fingerprint density at radius 1 is 1.33 bits per heavy atom.